The lowest BCUT2D eigenvalue weighted by atomic mass is 10.0. The number of nitrogens with one attached hydrogen (secondary N) is 1. The molecule has 3 atom stereocenters. The Balaban J connectivity index is 4.48. The van der Waals surface area contributed by atoms with E-state index in [9.17, 15) is 19.4 Å². The van der Waals surface area contributed by atoms with Crippen LogP contribution in [0.2, 0.25) is 0 Å². The van der Waals surface area contributed by atoms with Gasteiger partial charge < -0.3 is 28.8 Å². The molecule has 53 heavy (non-hydrogen) atoms. The van der Waals surface area contributed by atoms with E-state index in [0.717, 1.165) is 44.9 Å². The number of hydrogen-bond donors (Lipinski definition) is 2. The van der Waals surface area contributed by atoms with Crippen LogP contribution in [0.15, 0.2) is 36.5 Å². The maximum Gasteiger partial charge on any atom is 0.268 e. The van der Waals surface area contributed by atoms with E-state index in [1.807, 2.05) is 27.2 Å². The van der Waals surface area contributed by atoms with Crippen LogP contribution in [0.1, 0.15) is 187 Å². The van der Waals surface area contributed by atoms with Crippen LogP contribution >= 0.6 is 7.82 Å². The molecule has 2 N–H and O–H groups in total. The van der Waals surface area contributed by atoms with Crippen molar-refractivity contribution in [2.75, 3.05) is 40.9 Å². The van der Waals surface area contributed by atoms with E-state index in [2.05, 4.69) is 43.5 Å². The van der Waals surface area contributed by atoms with E-state index in [1.165, 1.54) is 122 Å². The molecule has 9 heteroatoms. The standard InChI is InChI=1S/C44H85N2O6P/c1-6-8-10-12-14-16-18-19-20-21-22-23-24-25-26-28-29-31-33-35-37-43(47)42(41-52-53(49,50)51-40-39-46(3,4)5)45-44(48)38-36-34-32-30-27-17-15-13-11-9-7-2/h23-24,28-29,35,37,42-43,47H,6-22,25-27,30-34,36,38-41H2,1-5H3,(H-,45,48,49,50)/b24-23+,29-28+,37-35+. The molecule has 0 saturated heterocycles. The van der Waals surface area contributed by atoms with Crippen molar-refractivity contribution in [3.05, 3.63) is 36.5 Å². The first-order chi connectivity index (χ1) is 25.5. The van der Waals surface area contributed by atoms with Crippen molar-refractivity contribution in [3.8, 4) is 0 Å². The highest BCUT2D eigenvalue weighted by molar-refractivity contribution is 7.45. The molecule has 3 unspecified atom stereocenters. The minimum Gasteiger partial charge on any atom is -0.756 e. The molecule has 0 aliphatic carbocycles. The van der Waals surface area contributed by atoms with Gasteiger partial charge in [0.2, 0.25) is 5.91 Å². The van der Waals surface area contributed by atoms with Gasteiger partial charge in [-0.05, 0) is 44.9 Å². The number of nitrogens with zero attached hydrogens (tertiary/aromatic N) is 1. The Labute approximate surface area is 327 Å². The molecule has 0 fully saturated rings. The number of quaternary nitrogens is 1. The lowest BCUT2D eigenvalue weighted by Gasteiger charge is -2.29. The Kier molecular flexibility index (Phi) is 35.5. The summed E-state index contributed by atoms with van der Waals surface area (Å²) < 4.78 is 23.1. The largest absolute Gasteiger partial charge is 0.756 e. The van der Waals surface area contributed by atoms with Crippen LogP contribution in [0.5, 0.6) is 0 Å². The number of amides is 1. The zero-order chi connectivity index (χ0) is 39.3. The maximum absolute atomic E-state index is 12.8. The number of carbonyl (C=O) groups is 1. The van der Waals surface area contributed by atoms with Gasteiger partial charge in [-0.1, -0.05) is 172 Å². The van der Waals surface area contributed by atoms with Crippen molar-refractivity contribution in [2.45, 2.75) is 199 Å². The highest BCUT2D eigenvalue weighted by Gasteiger charge is 2.23. The fraction of sp³-hybridized carbons (Fsp3) is 0.841. The number of aliphatic hydroxyl groups excluding tert-OH is 1. The van der Waals surface area contributed by atoms with Crippen molar-refractivity contribution in [1.29, 1.82) is 0 Å². The molecule has 0 aromatic carbocycles. The lowest BCUT2D eigenvalue weighted by Crippen LogP contribution is -2.45. The van der Waals surface area contributed by atoms with E-state index in [-0.39, 0.29) is 12.5 Å². The summed E-state index contributed by atoms with van der Waals surface area (Å²) in [6.07, 6.45) is 43.4. The number of aliphatic hydroxyl groups is 1. The third kappa shape index (κ3) is 38.8. The molecule has 0 heterocycles. The van der Waals surface area contributed by atoms with Crippen molar-refractivity contribution in [1.82, 2.24) is 5.32 Å². The summed E-state index contributed by atoms with van der Waals surface area (Å²) in [5.74, 6) is -0.214. The van der Waals surface area contributed by atoms with Gasteiger partial charge in [0, 0.05) is 6.42 Å². The summed E-state index contributed by atoms with van der Waals surface area (Å²) in [5, 5.41) is 13.7. The van der Waals surface area contributed by atoms with E-state index in [4.69, 9.17) is 9.05 Å². The van der Waals surface area contributed by atoms with Crippen LogP contribution in [-0.2, 0) is 18.4 Å². The first kappa shape index (κ1) is 51.7. The average Bonchev–Trinajstić information content (AvgIpc) is 3.10. The second-order valence-electron chi connectivity index (χ2n) is 16.0. The summed E-state index contributed by atoms with van der Waals surface area (Å²) in [7, 11) is 1.24. The Hall–Kier alpha value is -1.28. The maximum atomic E-state index is 12.8. The van der Waals surface area contributed by atoms with E-state index in [0.29, 0.717) is 17.4 Å². The van der Waals surface area contributed by atoms with Crippen LogP contribution in [0, 0.1) is 0 Å². The molecule has 0 radical (unpaired) electrons. The zero-order valence-electron chi connectivity index (χ0n) is 35.2. The molecule has 0 aliphatic rings. The number of phosphoric acid groups is 1. The fourth-order valence-corrected chi connectivity index (χ4v) is 6.79. The van der Waals surface area contributed by atoms with E-state index >= 15 is 0 Å². The summed E-state index contributed by atoms with van der Waals surface area (Å²) >= 11 is 0. The summed E-state index contributed by atoms with van der Waals surface area (Å²) in [4.78, 5) is 25.2. The SMILES string of the molecule is CCCCCCCCCCCC/C=C/CC/C=C/CC/C=C/C(O)C(COP(=O)([O-])OCC[N+](C)(C)C)NC(=O)CCCCCCCCCCCCC. The molecule has 0 rings (SSSR count). The molecule has 0 saturated carbocycles. The van der Waals surface area contributed by atoms with Gasteiger partial charge in [-0.15, -0.1) is 0 Å². The van der Waals surface area contributed by atoms with Gasteiger partial charge >= 0.3 is 0 Å². The van der Waals surface area contributed by atoms with Crippen molar-refractivity contribution in [3.63, 3.8) is 0 Å². The van der Waals surface area contributed by atoms with E-state index in [1.54, 1.807) is 6.08 Å². The number of allylic oxidation sites excluding steroid dienone is 5. The Morgan fingerprint density at radius 2 is 1.06 bits per heavy atom. The number of unbranched alkanes of at least 4 members (excludes halogenated alkanes) is 22. The minimum atomic E-state index is -4.59. The molecule has 0 spiro atoms. The highest BCUT2D eigenvalue weighted by atomic mass is 31.2. The van der Waals surface area contributed by atoms with Crippen LogP contribution < -0.4 is 10.2 Å². The predicted octanol–water partition coefficient (Wildman–Crippen LogP) is 11.3. The second kappa shape index (κ2) is 36.4. The van der Waals surface area contributed by atoms with Gasteiger partial charge in [0.25, 0.3) is 7.82 Å². The van der Waals surface area contributed by atoms with Crippen molar-refractivity contribution < 1.29 is 32.9 Å². The molecule has 0 aliphatic heterocycles. The Morgan fingerprint density at radius 1 is 0.642 bits per heavy atom. The third-order valence-corrected chi connectivity index (χ3v) is 10.5. The molecule has 8 nitrogen and oxygen atoms in total. The second-order valence-corrected chi connectivity index (χ2v) is 17.4. The van der Waals surface area contributed by atoms with Crippen molar-refractivity contribution in [2.24, 2.45) is 0 Å². The van der Waals surface area contributed by atoms with E-state index < -0.39 is 26.6 Å². The lowest BCUT2D eigenvalue weighted by molar-refractivity contribution is -0.870. The van der Waals surface area contributed by atoms with Gasteiger partial charge in [0.05, 0.1) is 39.9 Å². The predicted molar refractivity (Wildman–Crippen MR) is 224 cm³/mol. The minimum absolute atomic E-state index is 0.00811. The number of rotatable bonds is 39. The smallest absolute Gasteiger partial charge is 0.268 e. The van der Waals surface area contributed by atoms with Gasteiger partial charge in [-0.2, -0.15) is 0 Å². The number of carbonyl (C=O) groups excluding carboxylic acids is 1. The normalized spacial score (nSPS) is 14.8. The van der Waals surface area contributed by atoms with Crippen LogP contribution in [-0.4, -0.2) is 68.5 Å². The van der Waals surface area contributed by atoms with Gasteiger partial charge in [-0.25, -0.2) is 0 Å². The quantitative estimate of drug-likeness (QED) is 0.0279. The molecule has 0 aromatic heterocycles. The van der Waals surface area contributed by atoms with Crippen LogP contribution in [0.3, 0.4) is 0 Å². The van der Waals surface area contributed by atoms with Gasteiger partial charge in [0.1, 0.15) is 13.2 Å². The third-order valence-electron chi connectivity index (χ3n) is 9.58. The summed E-state index contributed by atoms with van der Waals surface area (Å²) in [6, 6.07) is -0.904. The number of hydrogen-bond acceptors (Lipinski definition) is 6. The summed E-state index contributed by atoms with van der Waals surface area (Å²) in [5.41, 5.74) is 0. The van der Waals surface area contributed by atoms with Gasteiger partial charge in [0.15, 0.2) is 0 Å². The van der Waals surface area contributed by atoms with Crippen LogP contribution in [0.4, 0.5) is 0 Å². The monoisotopic (exact) mass is 769 g/mol. The molecule has 0 bridgehead atoms. The Bertz CT molecular complexity index is 964. The Morgan fingerprint density at radius 3 is 1.53 bits per heavy atom. The highest BCUT2D eigenvalue weighted by Crippen LogP contribution is 2.38. The summed E-state index contributed by atoms with van der Waals surface area (Å²) in [6.45, 7) is 4.60. The van der Waals surface area contributed by atoms with Gasteiger partial charge in [-0.3, -0.25) is 9.36 Å². The zero-order valence-corrected chi connectivity index (χ0v) is 36.1. The molecule has 1 amide bonds. The fourth-order valence-electron chi connectivity index (χ4n) is 6.07. The average molecular weight is 769 g/mol. The van der Waals surface area contributed by atoms with Crippen LogP contribution in [0.25, 0.3) is 0 Å². The molecule has 312 valence electrons. The number of phosphoric ester groups is 1. The van der Waals surface area contributed by atoms with Crippen molar-refractivity contribution >= 4 is 13.7 Å². The number of likely N-dealkylation sites (N-methyl/N-ethyl adjacent to an activating group) is 1. The first-order valence-electron chi connectivity index (χ1n) is 21.9. The first-order valence-corrected chi connectivity index (χ1v) is 23.3. The topological polar surface area (TPSA) is 108 Å². The molecular weight excluding hydrogens is 683 g/mol. The molecular formula is C44H85N2O6P. The molecule has 0 aromatic rings.